The summed E-state index contributed by atoms with van der Waals surface area (Å²) in [6, 6.07) is -0.513. The smallest absolute Gasteiger partial charge is 0.322 e. The van der Waals surface area contributed by atoms with Gasteiger partial charge in [-0.15, -0.1) is 0 Å². The summed E-state index contributed by atoms with van der Waals surface area (Å²) in [5.74, 6) is -2.49. The van der Waals surface area contributed by atoms with E-state index in [1.165, 1.54) is 0 Å². The predicted octanol–water partition coefficient (Wildman–Crippen LogP) is 0.00740. The van der Waals surface area contributed by atoms with Gasteiger partial charge in [0.1, 0.15) is 0 Å². The van der Waals surface area contributed by atoms with Crippen LogP contribution in [-0.2, 0) is 23.9 Å². The fourth-order valence-electron chi connectivity index (χ4n) is 1.78. The third-order valence-electron chi connectivity index (χ3n) is 2.51. The summed E-state index contributed by atoms with van der Waals surface area (Å²) in [6.07, 6.45) is 0.765. The highest BCUT2D eigenvalue weighted by Crippen LogP contribution is 2.19. The van der Waals surface area contributed by atoms with Crippen LogP contribution < -0.4 is 5.32 Å². The van der Waals surface area contributed by atoms with Gasteiger partial charge in [-0.1, -0.05) is 0 Å². The molecule has 0 radical (unpaired) electrons. The Kier molecular flexibility index (Phi) is 4.93. The largest absolute Gasteiger partial charge is 0.465 e. The van der Waals surface area contributed by atoms with E-state index in [0.717, 1.165) is 0 Å². The van der Waals surface area contributed by atoms with Crippen molar-refractivity contribution in [1.82, 2.24) is 5.32 Å². The molecule has 1 amide bonds. The van der Waals surface area contributed by atoms with E-state index in [9.17, 15) is 14.4 Å². The van der Waals surface area contributed by atoms with E-state index in [4.69, 9.17) is 9.47 Å². The van der Waals surface area contributed by atoms with Gasteiger partial charge >= 0.3 is 11.9 Å². The summed E-state index contributed by atoms with van der Waals surface area (Å²) in [5, 5.41) is 2.59. The van der Waals surface area contributed by atoms with Crippen molar-refractivity contribution in [2.45, 2.75) is 32.7 Å². The van der Waals surface area contributed by atoms with Crippen molar-refractivity contribution in [2.75, 3.05) is 13.2 Å². The molecule has 0 aromatic heterocycles. The van der Waals surface area contributed by atoms with Gasteiger partial charge in [-0.2, -0.15) is 0 Å². The molecular formula is C11H17NO5. The van der Waals surface area contributed by atoms with E-state index in [1.54, 1.807) is 13.8 Å². The highest BCUT2D eigenvalue weighted by molar-refractivity contribution is 5.97. The monoisotopic (exact) mass is 243 g/mol. The van der Waals surface area contributed by atoms with Gasteiger partial charge in [-0.05, 0) is 20.3 Å². The average Bonchev–Trinajstić information content (AvgIpc) is 2.66. The van der Waals surface area contributed by atoms with Crippen LogP contribution in [0.2, 0.25) is 0 Å². The second-order valence-electron chi connectivity index (χ2n) is 3.69. The number of amides is 1. The molecule has 1 fully saturated rings. The predicted molar refractivity (Wildman–Crippen MR) is 57.9 cm³/mol. The summed E-state index contributed by atoms with van der Waals surface area (Å²) in [4.78, 5) is 34.5. The molecule has 0 saturated carbocycles. The molecule has 1 N–H and O–H groups in total. The van der Waals surface area contributed by atoms with Gasteiger partial charge < -0.3 is 14.8 Å². The van der Waals surface area contributed by atoms with Crippen molar-refractivity contribution in [3.05, 3.63) is 0 Å². The van der Waals surface area contributed by atoms with E-state index in [2.05, 4.69) is 5.32 Å². The molecule has 1 aliphatic rings. The number of nitrogens with one attached hydrogen (secondary N) is 1. The second kappa shape index (κ2) is 6.22. The van der Waals surface area contributed by atoms with Crippen molar-refractivity contribution in [2.24, 2.45) is 5.92 Å². The Balaban J connectivity index is 2.74. The molecule has 6 nitrogen and oxygen atoms in total. The average molecular weight is 243 g/mol. The zero-order valence-corrected chi connectivity index (χ0v) is 10.0. The number of hydrogen-bond donors (Lipinski definition) is 1. The maximum Gasteiger partial charge on any atom is 0.322 e. The van der Waals surface area contributed by atoms with Gasteiger partial charge in [0.05, 0.1) is 19.3 Å². The first-order valence-electron chi connectivity index (χ1n) is 5.72. The third kappa shape index (κ3) is 3.44. The maximum atomic E-state index is 11.7. The highest BCUT2D eigenvalue weighted by atomic mass is 16.6. The molecule has 1 heterocycles. The Morgan fingerprint density at radius 1 is 1.29 bits per heavy atom. The standard InChI is InChI=1S/C11H17NO5/c1-3-16-10(14)9(11(15)17-4-2)7-5-6-8(13)12-7/h7,9H,3-6H2,1-2H3,(H,12,13)/t7-/m0/s1. The Bertz CT molecular complexity index is 297. The molecule has 0 aromatic carbocycles. The van der Waals surface area contributed by atoms with Gasteiger partial charge in [0.2, 0.25) is 5.91 Å². The molecule has 1 rings (SSSR count). The first-order valence-corrected chi connectivity index (χ1v) is 5.72. The van der Waals surface area contributed by atoms with Gasteiger partial charge in [-0.25, -0.2) is 0 Å². The number of esters is 2. The SMILES string of the molecule is CCOC(=O)C(C(=O)OCC)[C@@H]1CCC(=O)N1. The van der Waals surface area contributed by atoms with Gasteiger partial charge in [0.15, 0.2) is 5.92 Å². The maximum absolute atomic E-state index is 11.7. The van der Waals surface area contributed by atoms with Gasteiger partial charge in [-0.3, -0.25) is 14.4 Å². The number of hydrogen-bond acceptors (Lipinski definition) is 5. The molecular weight excluding hydrogens is 226 g/mol. The van der Waals surface area contributed by atoms with E-state index in [1.807, 2.05) is 0 Å². The normalized spacial score (nSPS) is 19.0. The summed E-state index contributed by atoms with van der Waals surface area (Å²) in [6.45, 7) is 3.70. The zero-order valence-electron chi connectivity index (χ0n) is 10.0. The summed E-state index contributed by atoms with van der Waals surface area (Å²) < 4.78 is 9.66. The van der Waals surface area contributed by atoms with Crippen LogP contribution in [-0.4, -0.2) is 37.1 Å². The van der Waals surface area contributed by atoms with E-state index in [-0.39, 0.29) is 19.1 Å². The Morgan fingerprint density at radius 2 is 1.82 bits per heavy atom. The number of rotatable bonds is 5. The minimum absolute atomic E-state index is 0.159. The minimum Gasteiger partial charge on any atom is -0.465 e. The lowest BCUT2D eigenvalue weighted by Gasteiger charge is -2.19. The topological polar surface area (TPSA) is 81.7 Å². The number of carbonyl (C=O) groups is 3. The van der Waals surface area contributed by atoms with E-state index in [0.29, 0.717) is 12.8 Å². The van der Waals surface area contributed by atoms with Crippen molar-refractivity contribution < 1.29 is 23.9 Å². The number of ether oxygens (including phenoxy) is 2. The van der Waals surface area contributed by atoms with Crippen LogP contribution >= 0.6 is 0 Å². The summed E-state index contributed by atoms with van der Waals surface area (Å²) in [5.41, 5.74) is 0. The van der Waals surface area contributed by atoms with Crippen LogP contribution in [0.3, 0.4) is 0 Å². The minimum atomic E-state index is -1.05. The molecule has 0 aliphatic carbocycles. The lowest BCUT2D eigenvalue weighted by Crippen LogP contribution is -2.43. The fourth-order valence-corrected chi connectivity index (χ4v) is 1.78. The molecule has 0 bridgehead atoms. The lowest BCUT2D eigenvalue weighted by atomic mass is 9.98. The first kappa shape index (κ1) is 13.5. The number of carbonyl (C=O) groups excluding carboxylic acids is 3. The van der Waals surface area contributed by atoms with Crippen molar-refractivity contribution in [1.29, 1.82) is 0 Å². The summed E-state index contributed by atoms with van der Waals surface area (Å²) >= 11 is 0. The van der Waals surface area contributed by atoms with Crippen LogP contribution in [0.1, 0.15) is 26.7 Å². The zero-order chi connectivity index (χ0) is 12.8. The van der Waals surface area contributed by atoms with Gasteiger partial charge in [0.25, 0.3) is 0 Å². The van der Waals surface area contributed by atoms with E-state index >= 15 is 0 Å². The quantitative estimate of drug-likeness (QED) is 0.543. The van der Waals surface area contributed by atoms with E-state index < -0.39 is 23.9 Å². The Hall–Kier alpha value is -1.59. The molecule has 0 aromatic rings. The fraction of sp³-hybridized carbons (Fsp3) is 0.727. The third-order valence-corrected chi connectivity index (χ3v) is 2.51. The van der Waals surface area contributed by atoms with Crippen LogP contribution in [0.5, 0.6) is 0 Å². The second-order valence-corrected chi connectivity index (χ2v) is 3.69. The highest BCUT2D eigenvalue weighted by Gasteiger charge is 2.40. The van der Waals surface area contributed by atoms with Crippen molar-refractivity contribution in [3.63, 3.8) is 0 Å². The Morgan fingerprint density at radius 3 is 2.18 bits per heavy atom. The molecule has 0 unspecified atom stereocenters. The summed E-state index contributed by atoms with van der Waals surface area (Å²) in [7, 11) is 0. The molecule has 6 heteroatoms. The molecule has 1 aliphatic heterocycles. The molecule has 17 heavy (non-hydrogen) atoms. The molecule has 1 atom stereocenters. The molecule has 0 spiro atoms. The molecule has 96 valence electrons. The van der Waals surface area contributed by atoms with Crippen LogP contribution in [0, 0.1) is 5.92 Å². The first-order chi connectivity index (χ1) is 8.10. The Labute approximate surface area is 99.6 Å². The van der Waals surface area contributed by atoms with Gasteiger partial charge in [0, 0.05) is 6.42 Å². The lowest BCUT2D eigenvalue weighted by molar-refractivity contribution is -0.162. The van der Waals surface area contributed by atoms with Crippen LogP contribution in [0.4, 0.5) is 0 Å². The van der Waals surface area contributed by atoms with Crippen LogP contribution in [0.15, 0.2) is 0 Å². The van der Waals surface area contributed by atoms with Crippen LogP contribution in [0.25, 0.3) is 0 Å². The van der Waals surface area contributed by atoms with Crippen molar-refractivity contribution in [3.8, 4) is 0 Å². The van der Waals surface area contributed by atoms with Crippen molar-refractivity contribution >= 4 is 17.8 Å². The molecule has 1 saturated heterocycles.